The SMILES string of the molecule is N#Cc1ccc(N)c(Oc2ccc(Br)cc2F)c1. The van der Waals surface area contributed by atoms with E-state index in [-0.39, 0.29) is 11.5 Å². The zero-order chi connectivity index (χ0) is 13.1. The average Bonchev–Trinajstić information content (AvgIpc) is 2.35. The number of nitriles is 1. The zero-order valence-electron chi connectivity index (χ0n) is 9.15. The van der Waals surface area contributed by atoms with Gasteiger partial charge in [-0.05, 0) is 30.3 Å². The van der Waals surface area contributed by atoms with E-state index >= 15 is 0 Å². The third-order valence-corrected chi connectivity index (χ3v) is 2.75. The molecule has 0 atom stereocenters. The van der Waals surface area contributed by atoms with Gasteiger partial charge in [-0.2, -0.15) is 5.26 Å². The van der Waals surface area contributed by atoms with Crippen molar-refractivity contribution in [1.82, 2.24) is 0 Å². The highest BCUT2D eigenvalue weighted by Gasteiger charge is 2.08. The molecule has 2 rings (SSSR count). The van der Waals surface area contributed by atoms with E-state index < -0.39 is 5.82 Å². The van der Waals surface area contributed by atoms with Crippen molar-refractivity contribution in [3.8, 4) is 17.6 Å². The van der Waals surface area contributed by atoms with Crippen LogP contribution in [0.1, 0.15) is 5.56 Å². The van der Waals surface area contributed by atoms with Crippen molar-refractivity contribution in [3.05, 3.63) is 52.3 Å². The largest absolute Gasteiger partial charge is 0.452 e. The lowest BCUT2D eigenvalue weighted by atomic mass is 10.2. The Morgan fingerprint density at radius 3 is 2.61 bits per heavy atom. The minimum absolute atomic E-state index is 0.0555. The van der Waals surface area contributed by atoms with Gasteiger partial charge in [0, 0.05) is 10.5 Å². The number of halogens is 2. The van der Waals surface area contributed by atoms with Crippen LogP contribution >= 0.6 is 15.9 Å². The highest BCUT2D eigenvalue weighted by molar-refractivity contribution is 9.10. The summed E-state index contributed by atoms with van der Waals surface area (Å²) < 4.78 is 19.6. The molecule has 0 bridgehead atoms. The van der Waals surface area contributed by atoms with Gasteiger partial charge in [0.2, 0.25) is 0 Å². The summed E-state index contributed by atoms with van der Waals surface area (Å²) in [7, 11) is 0. The van der Waals surface area contributed by atoms with Crippen LogP contribution in [-0.4, -0.2) is 0 Å². The maximum absolute atomic E-state index is 13.6. The minimum atomic E-state index is -0.508. The first kappa shape index (κ1) is 12.4. The van der Waals surface area contributed by atoms with E-state index in [4.69, 9.17) is 15.7 Å². The van der Waals surface area contributed by atoms with Gasteiger partial charge in [0.25, 0.3) is 0 Å². The second-order valence-electron chi connectivity index (χ2n) is 3.54. The lowest BCUT2D eigenvalue weighted by Gasteiger charge is -2.09. The standard InChI is InChI=1S/C13H8BrFN2O/c14-9-2-4-12(10(15)6-9)18-13-5-8(7-16)1-3-11(13)17/h1-6H,17H2. The summed E-state index contributed by atoms with van der Waals surface area (Å²) in [5, 5.41) is 8.78. The fourth-order valence-corrected chi connectivity index (χ4v) is 1.70. The van der Waals surface area contributed by atoms with E-state index in [1.807, 2.05) is 6.07 Å². The molecule has 0 aromatic heterocycles. The molecule has 0 unspecified atom stereocenters. The van der Waals surface area contributed by atoms with Crippen molar-refractivity contribution in [1.29, 1.82) is 5.26 Å². The zero-order valence-corrected chi connectivity index (χ0v) is 10.7. The first-order valence-corrected chi connectivity index (χ1v) is 5.82. The minimum Gasteiger partial charge on any atom is -0.452 e. The van der Waals surface area contributed by atoms with Gasteiger partial charge in [-0.15, -0.1) is 0 Å². The number of hydrogen-bond donors (Lipinski definition) is 1. The number of hydrogen-bond acceptors (Lipinski definition) is 3. The molecule has 0 saturated carbocycles. The Morgan fingerprint density at radius 1 is 1.17 bits per heavy atom. The van der Waals surface area contributed by atoms with Crippen LogP contribution in [0.4, 0.5) is 10.1 Å². The van der Waals surface area contributed by atoms with Crippen LogP contribution < -0.4 is 10.5 Å². The van der Waals surface area contributed by atoms with E-state index in [1.165, 1.54) is 18.2 Å². The highest BCUT2D eigenvalue weighted by atomic mass is 79.9. The average molecular weight is 307 g/mol. The van der Waals surface area contributed by atoms with E-state index in [0.717, 1.165) is 0 Å². The Labute approximate surface area is 112 Å². The Balaban J connectivity index is 2.37. The molecule has 5 heteroatoms. The number of anilines is 1. The smallest absolute Gasteiger partial charge is 0.166 e. The maximum atomic E-state index is 13.6. The lowest BCUT2D eigenvalue weighted by Crippen LogP contribution is -1.94. The number of nitrogens with zero attached hydrogens (tertiary/aromatic N) is 1. The third-order valence-electron chi connectivity index (χ3n) is 2.26. The summed E-state index contributed by atoms with van der Waals surface area (Å²) in [6, 6.07) is 11.0. The van der Waals surface area contributed by atoms with Gasteiger partial charge in [-0.25, -0.2) is 4.39 Å². The number of nitrogen functional groups attached to an aromatic ring is 1. The number of rotatable bonds is 2. The number of benzene rings is 2. The third kappa shape index (κ3) is 2.60. The molecule has 2 N–H and O–H groups in total. The van der Waals surface area contributed by atoms with E-state index in [2.05, 4.69) is 15.9 Å². The van der Waals surface area contributed by atoms with Crippen LogP contribution in [0.15, 0.2) is 40.9 Å². The highest BCUT2D eigenvalue weighted by Crippen LogP contribution is 2.31. The van der Waals surface area contributed by atoms with E-state index in [1.54, 1.807) is 18.2 Å². The summed E-state index contributed by atoms with van der Waals surface area (Å²) in [6.07, 6.45) is 0. The topological polar surface area (TPSA) is 59.0 Å². The summed E-state index contributed by atoms with van der Waals surface area (Å²) in [4.78, 5) is 0. The van der Waals surface area contributed by atoms with Crippen LogP contribution in [0.3, 0.4) is 0 Å². The Hall–Kier alpha value is -2.06. The second-order valence-corrected chi connectivity index (χ2v) is 4.46. The van der Waals surface area contributed by atoms with Crippen LogP contribution in [0.25, 0.3) is 0 Å². The lowest BCUT2D eigenvalue weighted by molar-refractivity contribution is 0.443. The molecule has 0 radical (unpaired) electrons. The van der Waals surface area contributed by atoms with Crippen LogP contribution in [0, 0.1) is 17.1 Å². The van der Waals surface area contributed by atoms with Crippen LogP contribution in [-0.2, 0) is 0 Å². The van der Waals surface area contributed by atoms with Crippen molar-refractivity contribution in [2.45, 2.75) is 0 Å². The Morgan fingerprint density at radius 2 is 1.94 bits per heavy atom. The molecule has 0 aliphatic rings. The molecule has 0 fully saturated rings. The predicted molar refractivity (Wildman–Crippen MR) is 69.7 cm³/mol. The van der Waals surface area contributed by atoms with Gasteiger partial charge < -0.3 is 10.5 Å². The Kier molecular flexibility index (Phi) is 3.49. The molecule has 2 aromatic carbocycles. The summed E-state index contributed by atoms with van der Waals surface area (Å²) >= 11 is 3.16. The van der Waals surface area contributed by atoms with Crippen molar-refractivity contribution in [2.75, 3.05) is 5.73 Å². The normalized spacial score (nSPS) is 9.83. The summed E-state index contributed by atoms with van der Waals surface area (Å²) in [6.45, 7) is 0. The van der Waals surface area contributed by atoms with Gasteiger partial charge >= 0.3 is 0 Å². The second kappa shape index (κ2) is 5.07. The van der Waals surface area contributed by atoms with Crippen LogP contribution in [0.2, 0.25) is 0 Å². The molecule has 0 amide bonds. The molecule has 18 heavy (non-hydrogen) atoms. The molecule has 0 heterocycles. The van der Waals surface area contributed by atoms with Crippen molar-refractivity contribution >= 4 is 21.6 Å². The molecule has 3 nitrogen and oxygen atoms in total. The first-order valence-electron chi connectivity index (χ1n) is 5.02. The molecular formula is C13H8BrFN2O. The van der Waals surface area contributed by atoms with Gasteiger partial charge in [-0.1, -0.05) is 15.9 Å². The van der Waals surface area contributed by atoms with E-state index in [9.17, 15) is 4.39 Å². The van der Waals surface area contributed by atoms with Gasteiger partial charge in [0.05, 0.1) is 17.3 Å². The number of ether oxygens (including phenoxy) is 1. The van der Waals surface area contributed by atoms with Crippen molar-refractivity contribution in [3.63, 3.8) is 0 Å². The quantitative estimate of drug-likeness (QED) is 0.858. The summed E-state index contributed by atoms with van der Waals surface area (Å²) in [5.41, 5.74) is 6.45. The van der Waals surface area contributed by atoms with Crippen LogP contribution in [0.5, 0.6) is 11.5 Å². The molecule has 0 saturated heterocycles. The molecule has 0 aliphatic carbocycles. The van der Waals surface area contributed by atoms with Crippen molar-refractivity contribution < 1.29 is 9.13 Å². The van der Waals surface area contributed by atoms with Gasteiger partial charge in [-0.3, -0.25) is 0 Å². The van der Waals surface area contributed by atoms with Gasteiger partial charge in [0.1, 0.15) is 0 Å². The number of nitrogens with two attached hydrogens (primary N) is 1. The molecule has 0 aliphatic heterocycles. The van der Waals surface area contributed by atoms with E-state index in [0.29, 0.717) is 15.7 Å². The van der Waals surface area contributed by atoms with Gasteiger partial charge in [0.15, 0.2) is 17.3 Å². The fourth-order valence-electron chi connectivity index (χ4n) is 1.37. The monoisotopic (exact) mass is 306 g/mol. The fraction of sp³-hybridized carbons (Fsp3) is 0. The molecular weight excluding hydrogens is 299 g/mol. The first-order chi connectivity index (χ1) is 8.60. The summed E-state index contributed by atoms with van der Waals surface area (Å²) in [5.74, 6) is -0.193. The predicted octanol–water partition coefficient (Wildman–Crippen LogP) is 3.83. The van der Waals surface area contributed by atoms with Crippen molar-refractivity contribution in [2.24, 2.45) is 0 Å². The molecule has 90 valence electrons. The Bertz CT molecular complexity index is 637. The molecule has 0 spiro atoms. The maximum Gasteiger partial charge on any atom is 0.166 e. The molecule has 2 aromatic rings.